The number of ketones is 1. The monoisotopic (exact) mass is 236 g/mol. The molecule has 0 aliphatic heterocycles. The van der Waals surface area contributed by atoms with Gasteiger partial charge < -0.3 is 0 Å². The number of halogens is 1. The summed E-state index contributed by atoms with van der Waals surface area (Å²) in [5.41, 5.74) is 1.72. The van der Waals surface area contributed by atoms with Crippen LogP contribution in [0.3, 0.4) is 0 Å². The van der Waals surface area contributed by atoms with Gasteiger partial charge in [0.05, 0.1) is 4.88 Å². The third-order valence-corrected chi connectivity index (χ3v) is 3.35. The third kappa shape index (κ3) is 2.28. The second-order valence-electron chi connectivity index (χ2n) is 3.15. The molecule has 0 spiro atoms. The van der Waals surface area contributed by atoms with E-state index in [-0.39, 0.29) is 5.78 Å². The highest BCUT2D eigenvalue weighted by atomic mass is 35.5. The van der Waals surface area contributed by atoms with Gasteiger partial charge in [0.1, 0.15) is 0 Å². The molecule has 76 valence electrons. The Bertz CT molecular complexity index is 461. The number of carbonyl (C=O) groups is 1. The highest BCUT2D eigenvalue weighted by Crippen LogP contribution is 2.19. The van der Waals surface area contributed by atoms with Gasteiger partial charge in [0.2, 0.25) is 5.78 Å². The van der Waals surface area contributed by atoms with Crippen molar-refractivity contribution in [3.05, 3.63) is 57.8 Å². The molecule has 3 heteroatoms. The predicted molar refractivity (Wildman–Crippen MR) is 63.8 cm³/mol. The summed E-state index contributed by atoms with van der Waals surface area (Å²) in [5, 5.41) is 1.92. The van der Waals surface area contributed by atoms with E-state index < -0.39 is 0 Å². The predicted octanol–water partition coefficient (Wildman–Crippen LogP) is 3.72. The summed E-state index contributed by atoms with van der Waals surface area (Å²) in [6.45, 7) is 0. The maximum atomic E-state index is 11.9. The molecule has 2 rings (SSSR count). The van der Waals surface area contributed by atoms with Gasteiger partial charge >= 0.3 is 0 Å². The van der Waals surface area contributed by atoms with Gasteiger partial charge in [0, 0.05) is 11.4 Å². The molecule has 1 aromatic carbocycles. The molecule has 0 unspecified atom stereocenters. The van der Waals surface area contributed by atoms with Crippen molar-refractivity contribution in [2.75, 3.05) is 0 Å². The molecule has 15 heavy (non-hydrogen) atoms. The number of carbonyl (C=O) groups excluding carboxylic acids is 1. The molecule has 0 aliphatic rings. The van der Waals surface area contributed by atoms with E-state index in [0.29, 0.717) is 5.88 Å². The maximum Gasteiger partial charge on any atom is 0.202 e. The van der Waals surface area contributed by atoms with E-state index in [0.717, 1.165) is 16.0 Å². The fourth-order valence-electron chi connectivity index (χ4n) is 1.30. The highest BCUT2D eigenvalue weighted by molar-refractivity contribution is 7.12. The molecule has 0 atom stereocenters. The number of hydrogen-bond acceptors (Lipinski definition) is 2. The summed E-state index contributed by atoms with van der Waals surface area (Å²) in [7, 11) is 0. The summed E-state index contributed by atoms with van der Waals surface area (Å²) in [6.07, 6.45) is 0. The van der Waals surface area contributed by atoms with Gasteiger partial charge in [-0.25, -0.2) is 0 Å². The molecule has 1 aromatic heterocycles. The van der Waals surface area contributed by atoms with Crippen molar-refractivity contribution in [1.29, 1.82) is 0 Å². The van der Waals surface area contributed by atoms with E-state index >= 15 is 0 Å². The van der Waals surface area contributed by atoms with Crippen LogP contribution < -0.4 is 0 Å². The van der Waals surface area contributed by atoms with Crippen LogP contribution in [0.25, 0.3) is 0 Å². The summed E-state index contributed by atoms with van der Waals surface area (Å²) >= 11 is 7.13. The zero-order chi connectivity index (χ0) is 10.7. The molecule has 1 nitrogen and oxygen atoms in total. The SMILES string of the molecule is O=C(c1ccccc1)c1cc(CCl)cs1. The lowest BCUT2D eigenvalue weighted by Gasteiger charge is -1.95. The van der Waals surface area contributed by atoms with Crippen LogP contribution in [0.15, 0.2) is 41.8 Å². The van der Waals surface area contributed by atoms with E-state index in [9.17, 15) is 4.79 Å². The molecule has 0 saturated heterocycles. The van der Waals surface area contributed by atoms with Gasteiger partial charge in [0.15, 0.2) is 0 Å². The van der Waals surface area contributed by atoms with Crippen LogP contribution >= 0.6 is 22.9 Å². The average Bonchev–Trinajstić information content (AvgIpc) is 2.78. The Labute approximate surface area is 97.3 Å². The zero-order valence-electron chi connectivity index (χ0n) is 7.94. The Morgan fingerprint density at radius 1 is 1.27 bits per heavy atom. The van der Waals surface area contributed by atoms with Gasteiger partial charge in [-0.05, 0) is 17.0 Å². The number of rotatable bonds is 3. The first kappa shape index (κ1) is 10.4. The van der Waals surface area contributed by atoms with Gasteiger partial charge in [0.25, 0.3) is 0 Å². The lowest BCUT2D eigenvalue weighted by molar-refractivity contribution is 0.104. The van der Waals surface area contributed by atoms with Gasteiger partial charge in [-0.2, -0.15) is 0 Å². The van der Waals surface area contributed by atoms with Crippen molar-refractivity contribution in [2.24, 2.45) is 0 Å². The van der Waals surface area contributed by atoms with Gasteiger partial charge in [-0.15, -0.1) is 22.9 Å². The summed E-state index contributed by atoms with van der Waals surface area (Å²) < 4.78 is 0. The summed E-state index contributed by atoms with van der Waals surface area (Å²) in [6, 6.07) is 11.1. The molecule has 0 fully saturated rings. The molecular weight excluding hydrogens is 228 g/mol. The van der Waals surface area contributed by atoms with Gasteiger partial charge in [-0.3, -0.25) is 4.79 Å². The number of benzene rings is 1. The van der Waals surface area contributed by atoms with E-state index in [2.05, 4.69) is 0 Å². The lowest BCUT2D eigenvalue weighted by atomic mass is 10.1. The van der Waals surface area contributed by atoms with Crippen LogP contribution in [0, 0.1) is 0 Å². The quantitative estimate of drug-likeness (QED) is 0.587. The van der Waals surface area contributed by atoms with Crippen LogP contribution in [-0.2, 0) is 5.88 Å². The van der Waals surface area contributed by atoms with E-state index in [1.165, 1.54) is 11.3 Å². The van der Waals surface area contributed by atoms with Crippen LogP contribution in [0.1, 0.15) is 20.8 Å². The Kier molecular flexibility index (Phi) is 3.19. The standard InChI is InChI=1S/C12H9ClOS/c13-7-9-6-11(15-8-9)12(14)10-4-2-1-3-5-10/h1-6,8H,7H2. The van der Waals surface area contributed by atoms with Crippen molar-refractivity contribution in [3.63, 3.8) is 0 Å². The van der Waals surface area contributed by atoms with Crippen molar-refractivity contribution in [1.82, 2.24) is 0 Å². The molecule has 0 radical (unpaired) electrons. The van der Waals surface area contributed by atoms with Crippen LogP contribution in [0.2, 0.25) is 0 Å². The molecule has 1 heterocycles. The van der Waals surface area contributed by atoms with Crippen molar-refractivity contribution in [2.45, 2.75) is 5.88 Å². The van der Waals surface area contributed by atoms with Crippen LogP contribution in [-0.4, -0.2) is 5.78 Å². The second-order valence-corrected chi connectivity index (χ2v) is 4.33. The topological polar surface area (TPSA) is 17.1 Å². The summed E-state index contributed by atoms with van der Waals surface area (Å²) in [4.78, 5) is 12.7. The normalized spacial score (nSPS) is 10.2. The number of thiophene rings is 1. The summed E-state index contributed by atoms with van der Waals surface area (Å²) in [5.74, 6) is 0.524. The first-order valence-electron chi connectivity index (χ1n) is 4.54. The molecule has 0 saturated carbocycles. The van der Waals surface area contributed by atoms with Crippen LogP contribution in [0.5, 0.6) is 0 Å². The molecular formula is C12H9ClOS. The second kappa shape index (κ2) is 4.60. The molecule has 0 bridgehead atoms. The zero-order valence-corrected chi connectivity index (χ0v) is 9.52. The lowest BCUT2D eigenvalue weighted by Crippen LogP contribution is -1.97. The largest absolute Gasteiger partial charge is 0.288 e. The minimum absolute atomic E-state index is 0.0666. The molecule has 0 amide bonds. The fourth-order valence-corrected chi connectivity index (χ4v) is 2.42. The smallest absolute Gasteiger partial charge is 0.202 e. The van der Waals surface area contributed by atoms with E-state index in [1.807, 2.05) is 41.8 Å². The fraction of sp³-hybridized carbons (Fsp3) is 0.0833. The highest BCUT2D eigenvalue weighted by Gasteiger charge is 2.10. The first-order chi connectivity index (χ1) is 7.31. The van der Waals surface area contributed by atoms with Crippen molar-refractivity contribution >= 4 is 28.7 Å². The van der Waals surface area contributed by atoms with Crippen LogP contribution in [0.4, 0.5) is 0 Å². The van der Waals surface area contributed by atoms with Crippen molar-refractivity contribution in [3.8, 4) is 0 Å². The molecule has 0 N–H and O–H groups in total. The Hall–Kier alpha value is -1.12. The Balaban J connectivity index is 2.29. The van der Waals surface area contributed by atoms with E-state index in [1.54, 1.807) is 0 Å². The van der Waals surface area contributed by atoms with E-state index in [4.69, 9.17) is 11.6 Å². The molecule has 2 aromatic rings. The minimum Gasteiger partial charge on any atom is -0.288 e. The molecule has 0 aliphatic carbocycles. The van der Waals surface area contributed by atoms with Gasteiger partial charge in [-0.1, -0.05) is 30.3 Å². The number of hydrogen-bond donors (Lipinski definition) is 0. The first-order valence-corrected chi connectivity index (χ1v) is 5.96. The third-order valence-electron chi connectivity index (χ3n) is 2.07. The number of alkyl halides is 1. The average molecular weight is 237 g/mol. The van der Waals surface area contributed by atoms with Crippen molar-refractivity contribution < 1.29 is 4.79 Å². The Morgan fingerprint density at radius 3 is 2.60 bits per heavy atom. The maximum absolute atomic E-state index is 11.9. The minimum atomic E-state index is 0.0666. The Morgan fingerprint density at radius 2 is 2.00 bits per heavy atom.